The fourth-order valence-corrected chi connectivity index (χ4v) is 1.32. The van der Waals surface area contributed by atoms with Gasteiger partial charge in [0.1, 0.15) is 0 Å². The summed E-state index contributed by atoms with van der Waals surface area (Å²) >= 11 is 0. The largest absolute Gasteiger partial charge is 0.481 e. The highest BCUT2D eigenvalue weighted by Crippen LogP contribution is 2.19. The van der Waals surface area contributed by atoms with E-state index in [1.165, 1.54) is 13.8 Å². The second-order valence-electron chi connectivity index (χ2n) is 6.39. The van der Waals surface area contributed by atoms with Crippen LogP contribution >= 0.6 is 0 Å². The maximum Gasteiger partial charge on any atom is 0.321 e. The van der Waals surface area contributed by atoms with Crippen molar-refractivity contribution >= 4 is 23.8 Å². The Morgan fingerprint density at radius 1 is 0.952 bits per heavy atom. The zero-order valence-electron chi connectivity index (χ0n) is 13.0. The molecular weight excluding hydrogens is 278 g/mol. The topological polar surface area (TPSA) is 125 Å². The summed E-state index contributed by atoms with van der Waals surface area (Å²) in [6, 6.07) is -0.842. The molecule has 0 bridgehead atoms. The van der Waals surface area contributed by atoms with Crippen LogP contribution < -0.4 is 16.0 Å². The molecule has 0 radical (unpaired) electrons. The summed E-state index contributed by atoms with van der Waals surface area (Å²) in [6.07, 6.45) is -0.343. The Hall–Kier alpha value is -2.12. The molecule has 21 heavy (non-hydrogen) atoms. The van der Waals surface area contributed by atoms with E-state index in [2.05, 4.69) is 10.6 Å². The van der Waals surface area contributed by atoms with E-state index in [9.17, 15) is 19.2 Å². The summed E-state index contributed by atoms with van der Waals surface area (Å²) in [6.45, 7) is 7.86. The molecule has 0 fully saturated rings. The standard InChI is InChI=1S/C13H23N3O5/c1-12(2,3)16-9(18)7-14-11(21)15-8(17)6-13(4,5)10(19)20/h6-7H2,1-5H3,(H,16,18)(H,19,20)(H2,14,15,17,21). The molecule has 0 heterocycles. The molecule has 0 aliphatic carbocycles. The molecule has 8 nitrogen and oxygen atoms in total. The van der Waals surface area contributed by atoms with Crippen LogP contribution in [0.4, 0.5) is 4.79 Å². The summed E-state index contributed by atoms with van der Waals surface area (Å²) in [5.74, 6) is -2.25. The number of carboxylic acid groups (broad SMARTS) is 1. The second kappa shape index (κ2) is 7.05. The zero-order valence-corrected chi connectivity index (χ0v) is 13.0. The van der Waals surface area contributed by atoms with E-state index in [1.54, 1.807) is 20.8 Å². The van der Waals surface area contributed by atoms with Crippen LogP contribution in [0.1, 0.15) is 41.0 Å². The van der Waals surface area contributed by atoms with Crippen LogP contribution in [0, 0.1) is 5.41 Å². The molecule has 8 heteroatoms. The number of rotatable bonds is 5. The number of amides is 4. The molecule has 4 N–H and O–H groups in total. The third kappa shape index (κ3) is 8.61. The van der Waals surface area contributed by atoms with Gasteiger partial charge in [-0.05, 0) is 34.6 Å². The van der Waals surface area contributed by atoms with E-state index in [-0.39, 0.29) is 13.0 Å². The maximum atomic E-state index is 11.5. The highest BCUT2D eigenvalue weighted by atomic mass is 16.4. The molecule has 0 aromatic heterocycles. The lowest BCUT2D eigenvalue weighted by Gasteiger charge is -2.20. The predicted octanol–water partition coefficient (Wildman–Crippen LogP) is 0.228. The normalized spacial score (nSPS) is 11.5. The maximum absolute atomic E-state index is 11.5. The highest BCUT2D eigenvalue weighted by Gasteiger charge is 2.30. The van der Waals surface area contributed by atoms with Crippen LogP contribution in [0.2, 0.25) is 0 Å². The van der Waals surface area contributed by atoms with E-state index in [0.717, 1.165) is 0 Å². The minimum absolute atomic E-state index is 0.279. The number of urea groups is 1. The highest BCUT2D eigenvalue weighted by molar-refractivity contribution is 5.97. The minimum Gasteiger partial charge on any atom is -0.481 e. The molecule has 0 saturated heterocycles. The number of carbonyl (C=O) groups is 4. The fourth-order valence-electron chi connectivity index (χ4n) is 1.32. The smallest absolute Gasteiger partial charge is 0.321 e. The third-order valence-corrected chi connectivity index (χ3v) is 2.36. The van der Waals surface area contributed by atoms with E-state index in [4.69, 9.17) is 5.11 Å². The number of nitrogens with one attached hydrogen (secondary N) is 3. The van der Waals surface area contributed by atoms with Crippen molar-refractivity contribution in [1.29, 1.82) is 0 Å². The van der Waals surface area contributed by atoms with Crippen molar-refractivity contribution < 1.29 is 24.3 Å². The second-order valence-corrected chi connectivity index (χ2v) is 6.39. The lowest BCUT2D eigenvalue weighted by Crippen LogP contribution is -2.49. The average molecular weight is 301 g/mol. The lowest BCUT2D eigenvalue weighted by molar-refractivity contribution is -0.149. The van der Waals surface area contributed by atoms with Gasteiger partial charge in [-0.15, -0.1) is 0 Å². The number of hydrogen-bond donors (Lipinski definition) is 4. The van der Waals surface area contributed by atoms with Crippen molar-refractivity contribution in [2.75, 3.05) is 6.54 Å². The third-order valence-electron chi connectivity index (χ3n) is 2.36. The molecule has 4 amide bonds. The lowest BCUT2D eigenvalue weighted by atomic mass is 9.89. The van der Waals surface area contributed by atoms with Gasteiger partial charge in [0, 0.05) is 12.0 Å². The molecule has 0 aliphatic heterocycles. The number of aliphatic carboxylic acids is 1. The van der Waals surface area contributed by atoms with Gasteiger partial charge in [0.15, 0.2) is 0 Å². The fraction of sp³-hybridized carbons (Fsp3) is 0.692. The first-order chi connectivity index (χ1) is 9.33. The average Bonchev–Trinajstić information content (AvgIpc) is 2.22. The number of imide groups is 1. The van der Waals surface area contributed by atoms with Crippen molar-refractivity contribution in [1.82, 2.24) is 16.0 Å². The van der Waals surface area contributed by atoms with E-state index >= 15 is 0 Å². The summed E-state index contributed by atoms with van der Waals surface area (Å²) in [4.78, 5) is 45.2. The van der Waals surface area contributed by atoms with Crippen LogP contribution in [0.25, 0.3) is 0 Å². The van der Waals surface area contributed by atoms with Crippen LogP contribution in [0.15, 0.2) is 0 Å². The van der Waals surface area contributed by atoms with Gasteiger partial charge in [-0.2, -0.15) is 0 Å². The molecule has 0 unspecified atom stereocenters. The molecule has 0 aromatic carbocycles. The molecule has 0 atom stereocenters. The van der Waals surface area contributed by atoms with Crippen LogP contribution in [0.5, 0.6) is 0 Å². The number of carbonyl (C=O) groups excluding carboxylic acids is 3. The molecule has 120 valence electrons. The SMILES string of the molecule is CC(C)(C)NC(=O)CNC(=O)NC(=O)CC(C)(C)C(=O)O. The molecule has 0 spiro atoms. The van der Waals surface area contributed by atoms with Crippen LogP contribution in [-0.2, 0) is 14.4 Å². The van der Waals surface area contributed by atoms with Gasteiger partial charge in [0.25, 0.3) is 0 Å². The van der Waals surface area contributed by atoms with Crippen molar-refractivity contribution in [3.63, 3.8) is 0 Å². The molecule has 0 saturated carbocycles. The van der Waals surface area contributed by atoms with Crippen molar-refractivity contribution in [2.24, 2.45) is 5.41 Å². The Bertz CT molecular complexity index is 438. The van der Waals surface area contributed by atoms with Gasteiger partial charge in [-0.25, -0.2) is 4.79 Å². The van der Waals surface area contributed by atoms with Gasteiger partial charge in [-0.1, -0.05) is 0 Å². The van der Waals surface area contributed by atoms with Gasteiger partial charge < -0.3 is 15.7 Å². The van der Waals surface area contributed by atoms with Crippen LogP contribution in [0.3, 0.4) is 0 Å². The van der Waals surface area contributed by atoms with Gasteiger partial charge in [0.05, 0.1) is 12.0 Å². The quantitative estimate of drug-likeness (QED) is 0.578. The first-order valence-electron chi connectivity index (χ1n) is 6.45. The van der Waals surface area contributed by atoms with Gasteiger partial charge >= 0.3 is 12.0 Å². The van der Waals surface area contributed by atoms with Gasteiger partial charge in [-0.3, -0.25) is 19.7 Å². The Labute approximate surface area is 123 Å². The van der Waals surface area contributed by atoms with Crippen molar-refractivity contribution in [3.05, 3.63) is 0 Å². The first-order valence-corrected chi connectivity index (χ1v) is 6.45. The Morgan fingerprint density at radius 2 is 1.48 bits per heavy atom. The summed E-state index contributed by atoms with van der Waals surface area (Å²) < 4.78 is 0. The van der Waals surface area contributed by atoms with Crippen molar-refractivity contribution in [2.45, 2.75) is 46.6 Å². The predicted molar refractivity (Wildman–Crippen MR) is 75.5 cm³/mol. The van der Waals surface area contributed by atoms with Crippen molar-refractivity contribution in [3.8, 4) is 0 Å². The first kappa shape index (κ1) is 18.9. The van der Waals surface area contributed by atoms with E-state index < -0.39 is 34.8 Å². The summed E-state index contributed by atoms with van der Waals surface area (Å²) in [5.41, 5.74) is -1.69. The minimum atomic E-state index is -1.27. The monoisotopic (exact) mass is 301 g/mol. The Morgan fingerprint density at radius 3 is 1.90 bits per heavy atom. The summed E-state index contributed by atoms with van der Waals surface area (Å²) in [7, 11) is 0. The number of hydrogen-bond acceptors (Lipinski definition) is 4. The molecule has 0 aliphatic rings. The molecule has 0 rings (SSSR count). The Kier molecular flexibility index (Phi) is 6.34. The number of carboxylic acids is 1. The van der Waals surface area contributed by atoms with Crippen LogP contribution in [-0.4, -0.2) is 41.0 Å². The Balaban J connectivity index is 4.19. The van der Waals surface area contributed by atoms with Gasteiger partial charge in [0.2, 0.25) is 11.8 Å². The van der Waals surface area contributed by atoms with E-state index in [1.807, 2.05) is 5.32 Å². The molecule has 0 aromatic rings. The molecular formula is C13H23N3O5. The van der Waals surface area contributed by atoms with E-state index in [0.29, 0.717) is 0 Å². The summed E-state index contributed by atoms with van der Waals surface area (Å²) in [5, 5.41) is 15.7. The zero-order chi connectivity index (χ0) is 16.8.